The minimum atomic E-state index is -0.474. The highest BCUT2D eigenvalue weighted by Crippen LogP contribution is 2.38. The first-order valence-electron chi connectivity index (χ1n) is 13.1. The minimum absolute atomic E-state index is 0.179. The summed E-state index contributed by atoms with van der Waals surface area (Å²) in [5, 5.41) is 3.77. The summed E-state index contributed by atoms with van der Waals surface area (Å²) in [4.78, 5) is 30.9. The lowest BCUT2D eigenvalue weighted by molar-refractivity contribution is -0.125. The van der Waals surface area contributed by atoms with Crippen LogP contribution in [-0.4, -0.2) is 36.3 Å². The van der Waals surface area contributed by atoms with Gasteiger partial charge in [-0.2, -0.15) is 0 Å². The number of nitrogens with one attached hydrogen (secondary N) is 1. The molecule has 2 aliphatic carbocycles. The van der Waals surface area contributed by atoms with Crippen LogP contribution in [0.3, 0.4) is 0 Å². The SMILES string of the molecule is O=C(COC(=O)c1c2c(nc3ccccc13)/C(=C\c1ccc3c(c1)OCO3)CCC2)NC1CCCCC1. The second kappa shape index (κ2) is 10.2. The van der Waals surface area contributed by atoms with E-state index in [1.807, 2.05) is 42.5 Å². The van der Waals surface area contributed by atoms with E-state index in [9.17, 15) is 9.59 Å². The fourth-order valence-corrected chi connectivity index (χ4v) is 5.63. The van der Waals surface area contributed by atoms with Gasteiger partial charge in [-0.1, -0.05) is 43.5 Å². The largest absolute Gasteiger partial charge is 0.454 e. The van der Waals surface area contributed by atoms with Gasteiger partial charge in [-0.15, -0.1) is 0 Å². The van der Waals surface area contributed by atoms with Crippen LogP contribution in [0.5, 0.6) is 11.5 Å². The number of para-hydroxylation sites is 1. The van der Waals surface area contributed by atoms with Crippen molar-refractivity contribution < 1.29 is 23.8 Å². The summed E-state index contributed by atoms with van der Waals surface area (Å²) in [7, 11) is 0. The van der Waals surface area contributed by atoms with E-state index in [-0.39, 0.29) is 25.3 Å². The number of allylic oxidation sites excluding steroid dienone is 1. The maximum Gasteiger partial charge on any atom is 0.339 e. The van der Waals surface area contributed by atoms with E-state index in [4.69, 9.17) is 19.2 Å². The van der Waals surface area contributed by atoms with Gasteiger partial charge in [0.2, 0.25) is 6.79 Å². The first kappa shape index (κ1) is 23.5. The van der Waals surface area contributed by atoms with Gasteiger partial charge in [0, 0.05) is 11.4 Å². The molecule has 0 unspecified atom stereocenters. The van der Waals surface area contributed by atoms with Crippen LogP contribution in [0.1, 0.15) is 72.1 Å². The number of hydrogen-bond donors (Lipinski definition) is 1. The Morgan fingerprint density at radius 3 is 2.73 bits per heavy atom. The van der Waals surface area contributed by atoms with E-state index >= 15 is 0 Å². The number of fused-ring (bicyclic) bond motifs is 3. The van der Waals surface area contributed by atoms with Gasteiger partial charge < -0.3 is 19.5 Å². The average Bonchev–Trinajstić information content (AvgIpc) is 3.39. The summed E-state index contributed by atoms with van der Waals surface area (Å²) in [6, 6.07) is 13.7. The summed E-state index contributed by atoms with van der Waals surface area (Å²) in [6.07, 6.45) is 10.0. The van der Waals surface area contributed by atoms with E-state index in [2.05, 4.69) is 11.4 Å². The molecule has 37 heavy (non-hydrogen) atoms. The zero-order valence-electron chi connectivity index (χ0n) is 20.8. The molecule has 2 aromatic carbocycles. The smallest absolute Gasteiger partial charge is 0.339 e. The highest BCUT2D eigenvalue weighted by atomic mass is 16.7. The van der Waals surface area contributed by atoms with Gasteiger partial charge in [0.05, 0.1) is 16.8 Å². The maximum atomic E-state index is 13.4. The molecule has 0 bridgehead atoms. The molecule has 0 saturated heterocycles. The number of ether oxygens (including phenoxy) is 3. The zero-order chi connectivity index (χ0) is 25.2. The molecule has 2 heterocycles. The molecule has 3 aromatic rings. The third-order valence-electron chi connectivity index (χ3n) is 7.42. The molecule has 7 nitrogen and oxygen atoms in total. The highest BCUT2D eigenvalue weighted by Gasteiger charge is 2.27. The van der Waals surface area contributed by atoms with Crippen molar-refractivity contribution in [2.24, 2.45) is 0 Å². The molecule has 3 aliphatic rings. The highest BCUT2D eigenvalue weighted by molar-refractivity contribution is 6.07. The first-order chi connectivity index (χ1) is 18.2. The van der Waals surface area contributed by atoms with Crippen LogP contribution in [0.25, 0.3) is 22.6 Å². The van der Waals surface area contributed by atoms with Crippen molar-refractivity contribution in [1.82, 2.24) is 10.3 Å². The number of esters is 1. The topological polar surface area (TPSA) is 86.8 Å². The van der Waals surface area contributed by atoms with Crippen LogP contribution < -0.4 is 14.8 Å². The Kier molecular flexibility index (Phi) is 6.51. The molecule has 0 atom stereocenters. The van der Waals surface area contributed by atoms with Gasteiger partial charge >= 0.3 is 5.97 Å². The Hall–Kier alpha value is -3.87. The lowest BCUT2D eigenvalue weighted by atomic mass is 9.86. The Balaban J connectivity index is 1.30. The average molecular weight is 499 g/mol. The van der Waals surface area contributed by atoms with Crippen molar-refractivity contribution in [3.63, 3.8) is 0 Å². The fourth-order valence-electron chi connectivity index (χ4n) is 5.63. The molecule has 1 aromatic heterocycles. The van der Waals surface area contributed by atoms with Crippen molar-refractivity contribution in [2.45, 2.75) is 57.4 Å². The van der Waals surface area contributed by atoms with Gasteiger partial charge in [0.25, 0.3) is 5.91 Å². The summed E-state index contributed by atoms with van der Waals surface area (Å²) < 4.78 is 16.6. The van der Waals surface area contributed by atoms with Crippen LogP contribution in [0.15, 0.2) is 42.5 Å². The van der Waals surface area contributed by atoms with E-state index in [1.165, 1.54) is 6.42 Å². The summed E-state index contributed by atoms with van der Waals surface area (Å²) in [5.41, 5.74) is 5.01. The van der Waals surface area contributed by atoms with Crippen molar-refractivity contribution >= 4 is 34.4 Å². The molecule has 6 rings (SSSR count). The molecule has 1 N–H and O–H groups in total. The molecule has 7 heteroatoms. The van der Waals surface area contributed by atoms with E-state index < -0.39 is 5.97 Å². The number of hydrogen-bond acceptors (Lipinski definition) is 6. The van der Waals surface area contributed by atoms with Gasteiger partial charge in [-0.05, 0) is 73.1 Å². The third-order valence-corrected chi connectivity index (χ3v) is 7.42. The predicted molar refractivity (Wildman–Crippen MR) is 140 cm³/mol. The van der Waals surface area contributed by atoms with Crippen LogP contribution >= 0.6 is 0 Å². The van der Waals surface area contributed by atoms with Crippen molar-refractivity contribution in [1.29, 1.82) is 0 Å². The molecule has 0 spiro atoms. The molecule has 1 fully saturated rings. The monoisotopic (exact) mass is 498 g/mol. The van der Waals surface area contributed by atoms with Crippen molar-refractivity contribution in [3.05, 3.63) is 64.8 Å². The normalized spacial score (nSPS) is 18.0. The second-order valence-electron chi connectivity index (χ2n) is 9.95. The number of amides is 1. The molecular formula is C30H30N2O5. The second-order valence-corrected chi connectivity index (χ2v) is 9.95. The fraction of sp³-hybridized carbons (Fsp3) is 0.367. The van der Waals surface area contributed by atoms with Crippen molar-refractivity contribution in [2.75, 3.05) is 13.4 Å². The quantitative estimate of drug-likeness (QED) is 0.471. The Morgan fingerprint density at radius 1 is 1.00 bits per heavy atom. The Labute approximate surface area is 215 Å². The van der Waals surface area contributed by atoms with E-state index in [0.717, 1.165) is 89.7 Å². The number of carbonyl (C=O) groups is 2. The summed E-state index contributed by atoms with van der Waals surface area (Å²) >= 11 is 0. The van der Waals surface area contributed by atoms with Crippen LogP contribution in [0.2, 0.25) is 0 Å². The van der Waals surface area contributed by atoms with E-state index in [0.29, 0.717) is 5.56 Å². The molecule has 1 saturated carbocycles. The third kappa shape index (κ3) is 4.90. The van der Waals surface area contributed by atoms with Gasteiger partial charge in [-0.25, -0.2) is 9.78 Å². The summed E-state index contributed by atoms with van der Waals surface area (Å²) in [6.45, 7) is -0.0451. The maximum absolute atomic E-state index is 13.4. The van der Waals surface area contributed by atoms with E-state index in [1.54, 1.807) is 0 Å². The number of nitrogens with zero attached hydrogens (tertiary/aromatic N) is 1. The molecule has 1 aliphatic heterocycles. The molecule has 190 valence electrons. The number of aromatic nitrogens is 1. The zero-order valence-corrected chi connectivity index (χ0v) is 20.8. The molecular weight excluding hydrogens is 468 g/mol. The predicted octanol–water partition coefficient (Wildman–Crippen LogP) is 5.45. The number of pyridine rings is 1. The number of carbonyl (C=O) groups excluding carboxylic acids is 2. The van der Waals surface area contributed by atoms with Crippen LogP contribution in [-0.2, 0) is 16.0 Å². The molecule has 1 amide bonds. The minimum Gasteiger partial charge on any atom is -0.454 e. The number of rotatable bonds is 5. The van der Waals surface area contributed by atoms with Gasteiger partial charge in [-0.3, -0.25) is 4.79 Å². The standard InChI is InChI=1S/C30H30N2O5/c33-27(31-21-8-2-1-3-9-21)17-35-30(34)28-22-10-4-5-12-24(22)32-29-20(7-6-11-23(28)29)15-19-13-14-25-26(16-19)37-18-36-25/h4-5,10,12-16,21H,1-3,6-9,11,17-18H2,(H,31,33)/b20-15-. The Bertz CT molecular complexity index is 1390. The van der Waals surface area contributed by atoms with Crippen LogP contribution in [0.4, 0.5) is 0 Å². The Morgan fingerprint density at radius 2 is 1.84 bits per heavy atom. The van der Waals surface area contributed by atoms with Gasteiger partial charge in [0.15, 0.2) is 18.1 Å². The lowest BCUT2D eigenvalue weighted by Gasteiger charge is -2.23. The number of benzene rings is 2. The molecule has 0 radical (unpaired) electrons. The summed E-state index contributed by atoms with van der Waals surface area (Å²) in [5.74, 6) is 0.759. The van der Waals surface area contributed by atoms with Gasteiger partial charge in [0.1, 0.15) is 0 Å². The first-order valence-corrected chi connectivity index (χ1v) is 13.1. The van der Waals surface area contributed by atoms with Crippen LogP contribution in [0, 0.1) is 0 Å². The lowest BCUT2D eigenvalue weighted by Crippen LogP contribution is -2.38. The van der Waals surface area contributed by atoms with Crippen molar-refractivity contribution in [3.8, 4) is 11.5 Å².